The van der Waals surface area contributed by atoms with Gasteiger partial charge in [0, 0.05) is 11.3 Å². The minimum absolute atomic E-state index is 0.164. The van der Waals surface area contributed by atoms with Gasteiger partial charge >= 0.3 is 0 Å². The summed E-state index contributed by atoms with van der Waals surface area (Å²) in [4.78, 5) is 26.1. The first kappa shape index (κ1) is 17.7. The highest BCUT2D eigenvalue weighted by Gasteiger charge is 2.37. The van der Waals surface area contributed by atoms with Crippen molar-refractivity contribution in [1.82, 2.24) is 5.32 Å². The van der Waals surface area contributed by atoms with E-state index in [9.17, 15) is 9.59 Å². The predicted octanol–water partition coefficient (Wildman–Crippen LogP) is 4.42. The Bertz CT molecular complexity index is 1040. The molecule has 0 aliphatic carbocycles. The van der Waals surface area contributed by atoms with Crippen molar-refractivity contribution in [3.63, 3.8) is 0 Å². The van der Waals surface area contributed by atoms with Crippen molar-refractivity contribution in [1.29, 1.82) is 0 Å². The van der Waals surface area contributed by atoms with Crippen molar-refractivity contribution in [3.05, 3.63) is 113 Å². The maximum atomic E-state index is 13.3. The second kappa shape index (κ2) is 7.53. The molecule has 3 aromatic carbocycles. The number of hydrogen-bond donors (Lipinski definition) is 2. The van der Waals surface area contributed by atoms with E-state index in [2.05, 4.69) is 10.6 Å². The summed E-state index contributed by atoms with van der Waals surface area (Å²) in [5.74, 6) is -0.448. The van der Waals surface area contributed by atoms with Crippen LogP contribution in [-0.2, 0) is 4.79 Å². The van der Waals surface area contributed by atoms with E-state index in [1.165, 1.54) is 0 Å². The Morgan fingerprint density at radius 3 is 2.11 bits per heavy atom. The Morgan fingerprint density at radius 2 is 1.46 bits per heavy atom. The summed E-state index contributed by atoms with van der Waals surface area (Å²) in [5.41, 5.74) is 4.05. The molecule has 0 saturated carbocycles. The van der Waals surface area contributed by atoms with Crippen LogP contribution in [0.3, 0.4) is 0 Å². The van der Waals surface area contributed by atoms with E-state index in [4.69, 9.17) is 0 Å². The maximum Gasteiger partial charge on any atom is 0.268 e. The molecule has 0 saturated heterocycles. The summed E-state index contributed by atoms with van der Waals surface area (Å²) in [5, 5.41) is 6.12. The smallest absolute Gasteiger partial charge is 0.268 e. The van der Waals surface area contributed by atoms with Gasteiger partial charge < -0.3 is 10.6 Å². The Hall–Kier alpha value is -3.66. The van der Waals surface area contributed by atoms with Crippen LogP contribution in [0.25, 0.3) is 0 Å². The zero-order valence-electron chi connectivity index (χ0n) is 15.5. The van der Waals surface area contributed by atoms with Crippen molar-refractivity contribution in [3.8, 4) is 0 Å². The normalized spacial score (nSPS) is 16.0. The average molecular weight is 368 g/mol. The van der Waals surface area contributed by atoms with Gasteiger partial charge in [-0.2, -0.15) is 0 Å². The molecular weight excluding hydrogens is 348 g/mol. The molecule has 4 nitrogen and oxygen atoms in total. The van der Waals surface area contributed by atoms with Gasteiger partial charge in [-0.3, -0.25) is 9.59 Å². The van der Waals surface area contributed by atoms with E-state index in [1.807, 2.05) is 79.7 Å². The fourth-order valence-electron chi connectivity index (χ4n) is 3.33. The number of ketones is 1. The van der Waals surface area contributed by atoms with E-state index in [0.717, 1.165) is 16.8 Å². The monoisotopic (exact) mass is 368 g/mol. The van der Waals surface area contributed by atoms with Crippen LogP contribution >= 0.6 is 0 Å². The van der Waals surface area contributed by atoms with Gasteiger partial charge in [-0.25, -0.2) is 0 Å². The largest absolute Gasteiger partial charge is 0.351 e. The standard InChI is InChI=1S/C24H20N2O2/c1-16-12-14-19(15-13-16)25-22-20(23(27)18-10-6-3-7-11-18)21(26-24(22)28)17-8-4-2-5-9-17/h2-15,21,25H,1H3,(H,26,28). The minimum Gasteiger partial charge on any atom is -0.351 e. The molecule has 138 valence electrons. The van der Waals surface area contributed by atoms with Gasteiger partial charge in [0.1, 0.15) is 5.70 Å². The number of amides is 1. The summed E-state index contributed by atoms with van der Waals surface area (Å²) < 4.78 is 0. The van der Waals surface area contributed by atoms with Gasteiger partial charge in [-0.05, 0) is 24.6 Å². The Kier molecular flexibility index (Phi) is 4.77. The van der Waals surface area contributed by atoms with Gasteiger partial charge in [0.05, 0.1) is 11.6 Å². The quantitative estimate of drug-likeness (QED) is 0.656. The topological polar surface area (TPSA) is 58.2 Å². The van der Waals surface area contributed by atoms with Gasteiger partial charge in [0.25, 0.3) is 5.91 Å². The molecule has 3 aromatic rings. The van der Waals surface area contributed by atoms with Crippen LogP contribution < -0.4 is 10.6 Å². The molecule has 1 aliphatic heterocycles. The molecule has 1 unspecified atom stereocenters. The molecule has 1 amide bonds. The fraction of sp³-hybridized carbons (Fsp3) is 0.0833. The van der Waals surface area contributed by atoms with Crippen molar-refractivity contribution in [2.24, 2.45) is 0 Å². The molecule has 4 heteroatoms. The molecule has 1 atom stereocenters. The lowest BCUT2D eigenvalue weighted by molar-refractivity contribution is -0.117. The van der Waals surface area contributed by atoms with Crippen molar-refractivity contribution in [2.75, 3.05) is 5.32 Å². The van der Waals surface area contributed by atoms with Crippen LogP contribution in [0.2, 0.25) is 0 Å². The summed E-state index contributed by atoms with van der Waals surface area (Å²) in [6, 6.07) is 25.8. The first-order chi connectivity index (χ1) is 13.6. The highest BCUT2D eigenvalue weighted by molar-refractivity contribution is 6.17. The molecule has 2 N–H and O–H groups in total. The first-order valence-electron chi connectivity index (χ1n) is 9.17. The molecule has 0 aromatic heterocycles. The van der Waals surface area contributed by atoms with E-state index in [-0.39, 0.29) is 11.7 Å². The van der Waals surface area contributed by atoms with Crippen LogP contribution in [0.15, 0.2) is 96.2 Å². The number of hydrogen-bond acceptors (Lipinski definition) is 3. The third-order valence-electron chi connectivity index (χ3n) is 4.79. The van der Waals surface area contributed by atoms with E-state index in [1.54, 1.807) is 12.1 Å². The van der Waals surface area contributed by atoms with Crippen LogP contribution in [0.4, 0.5) is 5.69 Å². The Labute approximate surface area is 163 Å². The van der Waals surface area contributed by atoms with Crippen LogP contribution in [0.1, 0.15) is 27.5 Å². The van der Waals surface area contributed by atoms with Gasteiger partial charge in [0.2, 0.25) is 0 Å². The van der Waals surface area contributed by atoms with Gasteiger partial charge in [-0.15, -0.1) is 0 Å². The predicted molar refractivity (Wildman–Crippen MR) is 110 cm³/mol. The number of nitrogens with one attached hydrogen (secondary N) is 2. The zero-order chi connectivity index (χ0) is 19.5. The average Bonchev–Trinajstić information content (AvgIpc) is 3.06. The van der Waals surface area contributed by atoms with E-state index < -0.39 is 6.04 Å². The van der Waals surface area contributed by atoms with Crippen molar-refractivity contribution < 1.29 is 9.59 Å². The van der Waals surface area contributed by atoms with Gasteiger partial charge in [-0.1, -0.05) is 78.4 Å². The number of rotatable bonds is 5. The summed E-state index contributed by atoms with van der Waals surface area (Å²) in [6.45, 7) is 2.00. The molecule has 0 radical (unpaired) electrons. The minimum atomic E-state index is -0.491. The molecule has 28 heavy (non-hydrogen) atoms. The lowest BCUT2D eigenvalue weighted by atomic mass is 9.93. The summed E-state index contributed by atoms with van der Waals surface area (Å²) in [7, 11) is 0. The van der Waals surface area contributed by atoms with Crippen LogP contribution in [-0.4, -0.2) is 11.7 Å². The number of carbonyl (C=O) groups excluding carboxylic acids is 2. The van der Waals surface area contributed by atoms with Gasteiger partial charge in [0.15, 0.2) is 5.78 Å². The van der Waals surface area contributed by atoms with Crippen LogP contribution in [0, 0.1) is 6.92 Å². The highest BCUT2D eigenvalue weighted by Crippen LogP contribution is 2.33. The van der Waals surface area contributed by atoms with Crippen LogP contribution in [0.5, 0.6) is 0 Å². The number of Topliss-reactive ketones (excluding diaryl/α,β-unsaturated/α-hetero) is 1. The molecular formula is C24H20N2O2. The zero-order valence-corrected chi connectivity index (χ0v) is 15.5. The molecule has 1 aliphatic rings. The first-order valence-corrected chi connectivity index (χ1v) is 9.17. The Morgan fingerprint density at radius 1 is 0.857 bits per heavy atom. The second-order valence-corrected chi connectivity index (χ2v) is 6.79. The molecule has 1 heterocycles. The maximum absolute atomic E-state index is 13.3. The lowest BCUT2D eigenvalue weighted by Gasteiger charge is -2.15. The summed E-state index contributed by atoms with van der Waals surface area (Å²) in [6.07, 6.45) is 0. The SMILES string of the molecule is Cc1ccc(NC2=C(C(=O)c3ccccc3)C(c3ccccc3)NC2=O)cc1. The summed E-state index contributed by atoms with van der Waals surface area (Å²) >= 11 is 0. The van der Waals surface area contributed by atoms with Crippen molar-refractivity contribution in [2.45, 2.75) is 13.0 Å². The number of benzene rings is 3. The number of aryl methyl sites for hydroxylation is 1. The Balaban J connectivity index is 1.81. The fourth-order valence-corrected chi connectivity index (χ4v) is 3.33. The number of anilines is 1. The molecule has 4 rings (SSSR count). The third kappa shape index (κ3) is 3.45. The molecule has 0 fully saturated rings. The highest BCUT2D eigenvalue weighted by atomic mass is 16.2. The molecule has 0 spiro atoms. The molecule has 0 bridgehead atoms. The second-order valence-electron chi connectivity index (χ2n) is 6.79. The van der Waals surface area contributed by atoms with E-state index >= 15 is 0 Å². The number of carbonyl (C=O) groups is 2. The lowest BCUT2D eigenvalue weighted by Crippen LogP contribution is -2.24. The van der Waals surface area contributed by atoms with E-state index in [0.29, 0.717) is 16.8 Å². The van der Waals surface area contributed by atoms with Crippen molar-refractivity contribution >= 4 is 17.4 Å². The third-order valence-corrected chi connectivity index (χ3v) is 4.79.